The molecule has 0 bridgehead atoms. The van der Waals surface area contributed by atoms with Crippen LogP contribution in [0.1, 0.15) is 40.0 Å². The summed E-state index contributed by atoms with van der Waals surface area (Å²) in [7, 11) is 2.09. The molecule has 0 aromatic carbocycles. The molecule has 0 N–H and O–H groups in total. The van der Waals surface area contributed by atoms with Gasteiger partial charge in [-0.05, 0) is 33.9 Å². The molecule has 0 aromatic heterocycles. The van der Waals surface area contributed by atoms with E-state index in [9.17, 15) is 0 Å². The minimum Gasteiger partial charge on any atom is -0.305 e. The van der Waals surface area contributed by atoms with Gasteiger partial charge in [0, 0.05) is 6.54 Å². The fraction of sp³-hybridized carbons (Fsp3) is 0.909. The van der Waals surface area contributed by atoms with E-state index in [1.165, 1.54) is 19.3 Å². The van der Waals surface area contributed by atoms with Gasteiger partial charge >= 0.3 is 0 Å². The van der Waals surface area contributed by atoms with Crippen molar-refractivity contribution in [2.45, 2.75) is 40.0 Å². The molecule has 2 heteroatoms. The van der Waals surface area contributed by atoms with Crippen molar-refractivity contribution in [2.24, 2.45) is 5.41 Å². The van der Waals surface area contributed by atoms with E-state index in [4.69, 9.17) is 5.26 Å². The molecule has 0 heterocycles. The largest absolute Gasteiger partial charge is 0.305 e. The highest BCUT2D eigenvalue weighted by molar-refractivity contribution is 4.93. The number of unbranched alkanes of at least 4 members (excludes halogenated alkanes) is 2. The number of nitrogens with zero attached hydrogens (tertiary/aromatic N) is 2. The Kier molecular flexibility index (Phi) is 5.73. The first-order chi connectivity index (χ1) is 6.02. The van der Waals surface area contributed by atoms with Crippen molar-refractivity contribution in [3.63, 3.8) is 0 Å². The van der Waals surface area contributed by atoms with Gasteiger partial charge < -0.3 is 4.90 Å². The molecule has 0 saturated heterocycles. The zero-order valence-electron chi connectivity index (χ0n) is 9.43. The summed E-state index contributed by atoms with van der Waals surface area (Å²) < 4.78 is 0. The van der Waals surface area contributed by atoms with Gasteiger partial charge in [0.1, 0.15) is 0 Å². The molecule has 0 atom stereocenters. The second-order valence-electron chi connectivity index (χ2n) is 4.44. The van der Waals surface area contributed by atoms with Gasteiger partial charge in [-0.2, -0.15) is 5.26 Å². The lowest BCUT2D eigenvalue weighted by atomic mass is 9.95. The molecule has 2 nitrogen and oxygen atoms in total. The first kappa shape index (κ1) is 12.4. The summed E-state index contributed by atoms with van der Waals surface area (Å²) in [5, 5.41) is 8.84. The summed E-state index contributed by atoms with van der Waals surface area (Å²) in [5.41, 5.74) is -0.207. The Hall–Kier alpha value is -0.550. The molecule has 0 aliphatic carbocycles. The first-order valence-corrected chi connectivity index (χ1v) is 5.11. The highest BCUT2D eigenvalue weighted by Gasteiger charge is 2.18. The molecule has 0 spiro atoms. The molecule has 0 saturated carbocycles. The summed E-state index contributed by atoms with van der Waals surface area (Å²) in [6.07, 6.45) is 3.79. The average molecular weight is 182 g/mol. The second kappa shape index (κ2) is 5.99. The molecule has 76 valence electrons. The SMILES string of the molecule is CCCCCN(C)CC(C)(C)C#N. The molecular weight excluding hydrogens is 160 g/mol. The Balaban J connectivity index is 3.63. The van der Waals surface area contributed by atoms with Crippen LogP contribution in [-0.2, 0) is 0 Å². The number of rotatable bonds is 6. The fourth-order valence-electron chi connectivity index (χ4n) is 1.42. The van der Waals surface area contributed by atoms with Crippen molar-refractivity contribution >= 4 is 0 Å². The van der Waals surface area contributed by atoms with Crippen molar-refractivity contribution in [2.75, 3.05) is 20.1 Å². The summed E-state index contributed by atoms with van der Waals surface area (Å²) in [5.74, 6) is 0. The van der Waals surface area contributed by atoms with E-state index in [2.05, 4.69) is 24.9 Å². The maximum atomic E-state index is 8.84. The van der Waals surface area contributed by atoms with Crippen molar-refractivity contribution in [3.05, 3.63) is 0 Å². The minimum absolute atomic E-state index is 0.207. The van der Waals surface area contributed by atoms with Crippen LogP contribution in [0.3, 0.4) is 0 Å². The molecule has 0 rings (SSSR count). The molecule has 0 aromatic rings. The Bertz CT molecular complexity index is 167. The molecule has 0 aliphatic rings. The van der Waals surface area contributed by atoms with Gasteiger partial charge in [0.25, 0.3) is 0 Å². The van der Waals surface area contributed by atoms with Crippen LogP contribution in [0.4, 0.5) is 0 Å². The van der Waals surface area contributed by atoms with E-state index in [1.807, 2.05) is 13.8 Å². The van der Waals surface area contributed by atoms with E-state index in [0.29, 0.717) is 0 Å². The predicted octanol–water partition coefficient (Wildman–Crippen LogP) is 2.66. The summed E-state index contributed by atoms with van der Waals surface area (Å²) >= 11 is 0. The van der Waals surface area contributed by atoms with E-state index < -0.39 is 0 Å². The van der Waals surface area contributed by atoms with Gasteiger partial charge in [0.15, 0.2) is 0 Å². The van der Waals surface area contributed by atoms with E-state index in [-0.39, 0.29) is 5.41 Å². The maximum Gasteiger partial charge on any atom is 0.0697 e. The smallest absolute Gasteiger partial charge is 0.0697 e. The quantitative estimate of drug-likeness (QED) is 0.590. The predicted molar refractivity (Wildman–Crippen MR) is 56.4 cm³/mol. The van der Waals surface area contributed by atoms with E-state index in [0.717, 1.165) is 13.1 Å². The van der Waals surface area contributed by atoms with Crippen LogP contribution in [-0.4, -0.2) is 25.0 Å². The van der Waals surface area contributed by atoms with Gasteiger partial charge in [0.2, 0.25) is 0 Å². The maximum absolute atomic E-state index is 8.84. The highest BCUT2D eigenvalue weighted by atomic mass is 15.1. The Morgan fingerprint density at radius 3 is 2.38 bits per heavy atom. The number of hydrogen-bond acceptors (Lipinski definition) is 2. The van der Waals surface area contributed by atoms with Crippen LogP contribution in [0, 0.1) is 16.7 Å². The third-order valence-electron chi connectivity index (χ3n) is 2.11. The normalized spacial score (nSPS) is 11.7. The van der Waals surface area contributed by atoms with Crippen molar-refractivity contribution in [3.8, 4) is 6.07 Å². The molecule has 0 unspecified atom stereocenters. The van der Waals surface area contributed by atoms with Gasteiger partial charge in [0.05, 0.1) is 11.5 Å². The lowest BCUT2D eigenvalue weighted by Gasteiger charge is -2.24. The summed E-state index contributed by atoms with van der Waals surface area (Å²) in [6.45, 7) is 8.16. The first-order valence-electron chi connectivity index (χ1n) is 5.11. The molecule has 0 fully saturated rings. The fourth-order valence-corrected chi connectivity index (χ4v) is 1.42. The number of nitriles is 1. The lowest BCUT2D eigenvalue weighted by molar-refractivity contribution is 0.251. The Morgan fingerprint density at radius 1 is 1.31 bits per heavy atom. The Morgan fingerprint density at radius 2 is 1.92 bits per heavy atom. The van der Waals surface area contributed by atoms with Crippen LogP contribution >= 0.6 is 0 Å². The third-order valence-corrected chi connectivity index (χ3v) is 2.11. The van der Waals surface area contributed by atoms with Gasteiger partial charge in [-0.3, -0.25) is 0 Å². The monoisotopic (exact) mass is 182 g/mol. The molecule has 0 aliphatic heterocycles. The van der Waals surface area contributed by atoms with Crippen LogP contribution in [0.25, 0.3) is 0 Å². The summed E-state index contributed by atoms with van der Waals surface area (Å²) in [4.78, 5) is 2.25. The van der Waals surface area contributed by atoms with E-state index >= 15 is 0 Å². The molecular formula is C11H22N2. The molecule has 13 heavy (non-hydrogen) atoms. The van der Waals surface area contributed by atoms with Crippen molar-refractivity contribution < 1.29 is 0 Å². The van der Waals surface area contributed by atoms with E-state index in [1.54, 1.807) is 0 Å². The van der Waals surface area contributed by atoms with Gasteiger partial charge in [-0.15, -0.1) is 0 Å². The summed E-state index contributed by atoms with van der Waals surface area (Å²) in [6, 6.07) is 2.32. The minimum atomic E-state index is -0.207. The van der Waals surface area contributed by atoms with Crippen molar-refractivity contribution in [1.82, 2.24) is 4.90 Å². The lowest BCUT2D eigenvalue weighted by Crippen LogP contribution is -2.31. The molecule has 0 radical (unpaired) electrons. The number of hydrogen-bond donors (Lipinski definition) is 0. The second-order valence-corrected chi connectivity index (χ2v) is 4.44. The molecule has 0 amide bonds. The van der Waals surface area contributed by atoms with Gasteiger partial charge in [-0.25, -0.2) is 0 Å². The zero-order chi connectivity index (χ0) is 10.3. The topological polar surface area (TPSA) is 27.0 Å². The zero-order valence-corrected chi connectivity index (χ0v) is 9.43. The van der Waals surface area contributed by atoms with Crippen LogP contribution in [0.2, 0.25) is 0 Å². The van der Waals surface area contributed by atoms with Crippen LogP contribution in [0.15, 0.2) is 0 Å². The average Bonchev–Trinajstić information content (AvgIpc) is 2.04. The highest BCUT2D eigenvalue weighted by Crippen LogP contribution is 2.14. The standard InChI is InChI=1S/C11H22N2/c1-5-6-7-8-13(4)10-11(2,3)9-12/h5-8,10H2,1-4H3. The Labute approximate surface area is 82.5 Å². The van der Waals surface area contributed by atoms with Crippen LogP contribution in [0.5, 0.6) is 0 Å². The van der Waals surface area contributed by atoms with Crippen molar-refractivity contribution in [1.29, 1.82) is 5.26 Å². The third kappa shape index (κ3) is 6.60. The van der Waals surface area contributed by atoms with Gasteiger partial charge in [-0.1, -0.05) is 19.8 Å². The van der Waals surface area contributed by atoms with Crippen LogP contribution < -0.4 is 0 Å².